The molecule has 4 nitrogen and oxygen atoms in total. The van der Waals surface area contributed by atoms with Gasteiger partial charge in [-0.25, -0.2) is 8.42 Å². The van der Waals surface area contributed by atoms with Gasteiger partial charge in [0, 0.05) is 20.4 Å². The monoisotopic (exact) mass is 424 g/mol. The standard InChI is InChI=1S/C11H10Br2N2O2S2/c12-7-1-3-9(13)10(5-7)15-19(16,17)11-4-2-8(6-14)18-11/h1-5,15H,6,14H2. The van der Waals surface area contributed by atoms with Gasteiger partial charge in [0.05, 0.1) is 5.69 Å². The number of rotatable bonds is 4. The number of hydrogen-bond acceptors (Lipinski definition) is 4. The lowest BCUT2D eigenvalue weighted by Gasteiger charge is -2.08. The first-order chi connectivity index (χ1) is 8.92. The smallest absolute Gasteiger partial charge is 0.271 e. The lowest BCUT2D eigenvalue weighted by molar-refractivity contribution is 0.603. The van der Waals surface area contributed by atoms with Gasteiger partial charge in [-0.1, -0.05) is 15.9 Å². The van der Waals surface area contributed by atoms with E-state index in [-0.39, 0.29) is 4.21 Å². The molecule has 0 unspecified atom stereocenters. The quantitative estimate of drug-likeness (QED) is 0.786. The van der Waals surface area contributed by atoms with E-state index in [1.807, 2.05) is 6.07 Å². The molecule has 2 rings (SSSR count). The van der Waals surface area contributed by atoms with Crippen molar-refractivity contribution in [3.63, 3.8) is 0 Å². The van der Waals surface area contributed by atoms with E-state index < -0.39 is 10.0 Å². The van der Waals surface area contributed by atoms with Gasteiger partial charge in [0.2, 0.25) is 0 Å². The van der Waals surface area contributed by atoms with Crippen molar-refractivity contribution in [1.82, 2.24) is 0 Å². The summed E-state index contributed by atoms with van der Waals surface area (Å²) < 4.78 is 28.7. The molecule has 8 heteroatoms. The summed E-state index contributed by atoms with van der Waals surface area (Å²) in [5, 5.41) is 0. The van der Waals surface area contributed by atoms with Crippen molar-refractivity contribution in [2.24, 2.45) is 5.73 Å². The molecule has 1 aromatic carbocycles. The Labute approximate surface area is 132 Å². The Morgan fingerprint density at radius 1 is 1.21 bits per heavy atom. The number of halogens is 2. The predicted molar refractivity (Wildman–Crippen MR) is 84.9 cm³/mol. The lowest BCUT2D eigenvalue weighted by atomic mass is 10.3. The Kier molecular flexibility index (Phi) is 4.67. The summed E-state index contributed by atoms with van der Waals surface area (Å²) in [6.07, 6.45) is 0. The molecular weight excluding hydrogens is 416 g/mol. The summed E-state index contributed by atoms with van der Waals surface area (Å²) in [6, 6.07) is 8.55. The van der Waals surface area contributed by atoms with Gasteiger partial charge in [-0.15, -0.1) is 11.3 Å². The molecule has 0 aliphatic carbocycles. The molecule has 1 heterocycles. The fourth-order valence-electron chi connectivity index (χ4n) is 1.38. The van der Waals surface area contributed by atoms with Crippen LogP contribution in [0.3, 0.4) is 0 Å². The maximum atomic E-state index is 12.2. The molecule has 0 amide bonds. The third-order valence-electron chi connectivity index (χ3n) is 2.28. The first-order valence-electron chi connectivity index (χ1n) is 5.19. The van der Waals surface area contributed by atoms with Gasteiger partial charge in [-0.05, 0) is 46.3 Å². The second-order valence-electron chi connectivity index (χ2n) is 3.65. The Hall–Kier alpha value is -0.410. The van der Waals surface area contributed by atoms with Crippen molar-refractivity contribution in [3.05, 3.63) is 44.2 Å². The third kappa shape index (κ3) is 3.57. The van der Waals surface area contributed by atoms with Gasteiger partial charge in [-0.3, -0.25) is 4.72 Å². The van der Waals surface area contributed by atoms with E-state index in [1.165, 1.54) is 11.3 Å². The van der Waals surface area contributed by atoms with Crippen LogP contribution in [-0.2, 0) is 16.6 Å². The molecule has 0 saturated heterocycles. The Balaban J connectivity index is 2.33. The molecule has 0 aliphatic rings. The van der Waals surface area contributed by atoms with Crippen LogP contribution in [0.2, 0.25) is 0 Å². The Morgan fingerprint density at radius 3 is 2.58 bits per heavy atom. The summed E-state index contributed by atoms with van der Waals surface area (Å²) in [6.45, 7) is 0.334. The van der Waals surface area contributed by atoms with Gasteiger partial charge in [-0.2, -0.15) is 0 Å². The number of anilines is 1. The van der Waals surface area contributed by atoms with Crippen LogP contribution < -0.4 is 10.5 Å². The molecule has 0 spiro atoms. The molecule has 0 saturated carbocycles. The third-order valence-corrected chi connectivity index (χ3v) is 6.43. The second-order valence-corrected chi connectivity index (χ2v) is 8.50. The summed E-state index contributed by atoms with van der Waals surface area (Å²) in [4.78, 5) is 0.827. The van der Waals surface area contributed by atoms with Crippen molar-refractivity contribution in [2.45, 2.75) is 10.8 Å². The predicted octanol–water partition coefficient (Wildman–Crippen LogP) is 3.53. The molecular formula is C11H10Br2N2O2S2. The Morgan fingerprint density at radius 2 is 1.95 bits per heavy atom. The number of nitrogens with two attached hydrogens (primary N) is 1. The first-order valence-corrected chi connectivity index (χ1v) is 9.07. The summed E-state index contributed by atoms with van der Waals surface area (Å²) >= 11 is 7.78. The van der Waals surface area contributed by atoms with E-state index in [9.17, 15) is 8.42 Å². The van der Waals surface area contributed by atoms with Crippen LogP contribution in [0, 0.1) is 0 Å². The fraction of sp³-hybridized carbons (Fsp3) is 0.0909. The van der Waals surface area contributed by atoms with Gasteiger partial charge < -0.3 is 5.73 Å². The van der Waals surface area contributed by atoms with Crippen molar-refractivity contribution in [2.75, 3.05) is 4.72 Å². The lowest BCUT2D eigenvalue weighted by Crippen LogP contribution is -2.11. The van der Waals surface area contributed by atoms with Crippen molar-refractivity contribution >= 4 is 58.9 Å². The van der Waals surface area contributed by atoms with Crippen molar-refractivity contribution in [1.29, 1.82) is 0 Å². The molecule has 0 aliphatic heterocycles. The molecule has 3 N–H and O–H groups in total. The minimum atomic E-state index is -3.58. The SMILES string of the molecule is NCc1ccc(S(=O)(=O)Nc2cc(Br)ccc2Br)s1. The van der Waals surface area contributed by atoms with E-state index in [0.717, 1.165) is 9.35 Å². The molecule has 2 aromatic rings. The zero-order valence-electron chi connectivity index (χ0n) is 9.56. The van der Waals surface area contributed by atoms with Crippen LogP contribution in [0.5, 0.6) is 0 Å². The van der Waals surface area contributed by atoms with Crippen molar-refractivity contribution in [3.8, 4) is 0 Å². The summed E-state index contributed by atoms with van der Waals surface area (Å²) in [5.74, 6) is 0. The highest BCUT2D eigenvalue weighted by Crippen LogP contribution is 2.30. The molecule has 0 radical (unpaired) electrons. The highest BCUT2D eigenvalue weighted by atomic mass is 79.9. The number of sulfonamides is 1. The Bertz CT molecular complexity index is 698. The maximum absolute atomic E-state index is 12.2. The zero-order valence-corrected chi connectivity index (χ0v) is 14.4. The van der Waals surface area contributed by atoms with E-state index in [4.69, 9.17) is 5.73 Å². The van der Waals surface area contributed by atoms with Gasteiger partial charge in [0.1, 0.15) is 4.21 Å². The molecule has 1 aromatic heterocycles. The molecule has 0 bridgehead atoms. The average Bonchev–Trinajstić information content (AvgIpc) is 2.83. The van der Waals surface area contributed by atoms with Crippen LogP contribution >= 0.6 is 43.2 Å². The maximum Gasteiger partial charge on any atom is 0.271 e. The minimum Gasteiger partial charge on any atom is -0.326 e. The first kappa shape index (κ1) is 15.0. The molecule has 19 heavy (non-hydrogen) atoms. The number of nitrogens with one attached hydrogen (secondary N) is 1. The van der Waals surface area contributed by atoms with Gasteiger partial charge in [0.25, 0.3) is 10.0 Å². The molecule has 0 atom stereocenters. The number of hydrogen-bond donors (Lipinski definition) is 2. The van der Waals surface area contributed by atoms with Crippen LogP contribution in [0.4, 0.5) is 5.69 Å². The van der Waals surface area contributed by atoms with Gasteiger partial charge >= 0.3 is 0 Å². The second kappa shape index (κ2) is 5.92. The van der Waals surface area contributed by atoms with E-state index in [2.05, 4.69) is 36.6 Å². The van der Waals surface area contributed by atoms with E-state index in [1.54, 1.807) is 24.3 Å². The number of benzene rings is 1. The summed E-state index contributed by atoms with van der Waals surface area (Å²) in [5.41, 5.74) is 5.97. The van der Waals surface area contributed by atoms with E-state index in [0.29, 0.717) is 16.7 Å². The van der Waals surface area contributed by atoms with Crippen LogP contribution in [0.15, 0.2) is 43.5 Å². The topological polar surface area (TPSA) is 72.2 Å². The van der Waals surface area contributed by atoms with Crippen LogP contribution in [0.1, 0.15) is 4.88 Å². The summed E-state index contributed by atoms with van der Waals surface area (Å²) in [7, 11) is -3.58. The molecule has 0 fully saturated rings. The minimum absolute atomic E-state index is 0.250. The zero-order chi connectivity index (χ0) is 14.0. The number of thiophene rings is 1. The average molecular weight is 426 g/mol. The normalized spacial score (nSPS) is 11.5. The van der Waals surface area contributed by atoms with Crippen LogP contribution in [-0.4, -0.2) is 8.42 Å². The fourth-order valence-corrected chi connectivity index (χ4v) is 4.53. The largest absolute Gasteiger partial charge is 0.326 e. The highest BCUT2D eigenvalue weighted by molar-refractivity contribution is 9.11. The van der Waals surface area contributed by atoms with Crippen LogP contribution in [0.25, 0.3) is 0 Å². The highest BCUT2D eigenvalue weighted by Gasteiger charge is 2.18. The van der Waals surface area contributed by atoms with Gasteiger partial charge in [0.15, 0.2) is 0 Å². The molecule has 102 valence electrons. The van der Waals surface area contributed by atoms with E-state index >= 15 is 0 Å². The van der Waals surface area contributed by atoms with Crippen molar-refractivity contribution < 1.29 is 8.42 Å².